The summed E-state index contributed by atoms with van der Waals surface area (Å²) in [6.07, 6.45) is -4.05. The molecule has 0 spiro atoms. The van der Waals surface area contributed by atoms with Gasteiger partial charge in [0.15, 0.2) is 0 Å². The number of aromatic nitrogens is 1. The Morgan fingerprint density at radius 3 is 1.97 bits per heavy atom. The molecule has 1 aliphatic heterocycles. The fourth-order valence-electron chi connectivity index (χ4n) is 2.67. The van der Waals surface area contributed by atoms with Crippen LogP contribution in [0.3, 0.4) is 0 Å². The monoisotopic (exact) mass is 537 g/mol. The molecule has 0 saturated carbocycles. The lowest BCUT2D eigenvalue weighted by molar-refractivity contribution is -0.141. The van der Waals surface area contributed by atoms with Gasteiger partial charge in [-0.1, -0.05) is 13.0 Å². The summed E-state index contributed by atoms with van der Waals surface area (Å²) in [4.78, 5) is 13.1. The second-order valence-corrected chi connectivity index (χ2v) is 9.18. The summed E-state index contributed by atoms with van der Waals surface area (Å²) in [5.41, 5.74) is -1.82. The van der Waals surface area contributed by atoms with Crippen molar-refractivity contribution in [3.63, 3.8) is 0 Å². The van der Waals surface area contributed by atoms with Crippen molar-refractivity contribution >= 4 is 42.0 Å². The molecule has 1 aromatic carbocycles. The van der Waals surface area contributed by atoms with E-state index in [1.807, 2.05) is 27.7 Å². The van der Waals surface area contributed by atoms with E-state index in [2.05, 4.69) is 4.98 Å². The summed E-state index contributed by atoms with van der Waals surface area (Å²) >= 11 is 4.82. The molecule has 198 valence electrons. The van der Waals surface area contributed by atoms with Crippen LogP contribution >= 0.6 is 11.6 Å². The van der Waals surface area contributed by atoms with Crippen LogP contribution in [0.15, 0.2) is 30.3 Å². The fourth-order valence-corrected chi connectivity index (χ4v) is 2.67. The normalized spacial score (nSPS) is 15.9. The van der Waals surface area contributed by atoms with Crippen LogP contribution in [0.1, 0.15) is 52.4 Å². The van der Waals surface area contributed by atoms with Gasteiger partial charge in [0.2, 0.25) is 5.24 Å². The summed E-state index contributed by atoms with van der Waals surface area (Å²) in [5, 5.41) is 16.7. The molecule has 1 saturated heterocycles. The van der Waals surface area contributed by atoms with Crippen LogP contribution in [0.2, 0.25) is 0 Å². The Kier molecular flexibility index (Phi) is 11.1. The highest BCUT2D eigenvalue weighted by Crippen LogP contribution is 2.37. The number of aryl methyl sites for hydroxylation is 1. The van der Waals surface area contributed by atoms with Crippen molar-refractivity contribution in [3.8, 4) is 0 Å². The lowest BCUT2D eigenvalue weighted by Crippen LogP contribution is -2.41. The van der Waals surface area contributed by atoms with Gasteiger partial charge in [-0.25, -0.2) is 13.8 Å². The van der Waals surface area contributed by atoms with Crippen LogP contribution in [0.4, 0.5) is 22.0 Å². The maximum Gasteiger partial charge on any atom is 0.494 e. The van der Waals surface area contributed by atoms with E-state index in [0.29, 0.717) is 17.9 Å². The van der Waals surface area contributed by atoms with Crippen molar-refractivity contribution in [2.45, 2.75) is 65.3 Å². The van der Waals surface area contributed by atoms with Gasteiger partial charge in [0.25, 0.3) is 0 Å². The van der Waals surface area contributed by atoms with Gasteiger partial charge >= 0.3 is 20.4 Å². The van der Waals surface area contributed by atoms with Gasteiger partial charge in [0.1, 0.15) is 17.3 Å². The van der Waals surface area contributed by atoms with E-state index in [1.165, 1.54) is 6.92 Å². The van der Waals surface area contributed by atoms with Crippen molar-refractivity contribution < 1.29 is 46.1 Å². The Morgan fingerprint density at radius 1 is 1.08 bits per heavy atom. The van der Waals surface area contributed by atoms with E-state index in [-0.39, 0.29) is 16.4 Å². The third kappa shape index (κ3) is 9.11. The predicted octanol–water partition coefficient (Wildman–Crippen LogP) is 3.51. The molecule has 0 amide bonds. The molecular formula is C22H27B2ClF5NO5. The van der Waals surface area contributed by atoms with Crippen LogP contribution in [0, 0.1) is 18.6 Å². The number of carbonyl (C=O) groups excluding carboxylic acids is 1. The van der Waals surface area contributed by atoms with E-state index < -0.39 is 48.9 Å². The third-order valence-electron chi connectivity index (χ3n) is 5.31. The van der Waals surface area contributed by atoms with Crippen LogP contribution < -0.4 is 10.9 Å². The molecule has 1 fully saturated rings. The first-order valence-electron chi connectivity index (χ1n) is 10.7. The van der Waals surface area contributed by atoms with Crippen molar-refractivity contribution in [3.05, 3.63) is 53.4 Å². The zero-order valence-corrected chi connectivity index (χ0v) is 21.3. The molecule has 3 rings (SSSR count). The summed E-state index contributed by atoms with van der Waals surface area (Å²) in [6, 6.07) is 5.06. The molecule has 1 aromatic heterocycles. The molecule has 14 heteroatoms. The van der Waals surface area contributed by atoms with E-state index in [0.717, 1.165) is 18.2 Å². The highest BCUT2D eigenvalue weighted by molar-refractivity contribution is 6.63. The van der Waals surface area contributed by atoms with E-state index >= 15 is 0 Å². The Morgan fingerprint density at radius 2 is 1.58 bits per heavy atom. The lowest BCUT2D eigenvalue weighted by atomic mass is 9.79. The SMILES string of the molecule is CCC(=O)Cl.Cc1cc(B2OC(C)(C)C(C)(C)O2)cc(C(F)(F)F)n1.OB(O)c1ccc(F)cc1F. The number of alkyl halides is 3. The number of hydrogen-bond donors (Lipinski definition) is 2. The molecule has 0 aliphatic carbocycles. The first-order valence-corrected chi connectivity index (χ1v) is 11.1. The average Bonchev–Trinajstić information content (AvgIpc) is 2.94. The molecule has 1 aliphatic rings. The maximum absolute atomic E-state index is 12.8. The predicted molar refractivity (Wildman–Crippen MR) is 127 cm³/mol. The van der Waals surface area contributed by atoms with Crippen molar-refractivity contribution in [1.82, 2.24) is 4.98 Å². The van der Waals surface area contributed by atoms with Gasteiger partial charge in [-0.15, -0.1) is 0 Å². The number of rotatable bonds is 3. The largest absolute Gasteiger partial charge is 0.494 e. The summed E-state index contributed by atoms with van der Waals surface area (Å²) in [5.74, 6) is -1.70. The van der Waals surface area contributed by atoms with E-state index in [1.54, 1.807) is 13.0 Å². The smallest absolute Gasteiger partial charge is 0.423 e. The third-order valence-corrected chi connectivity index (χ3v) is 5.58. The van der Waals surface area contributed by atoms with Crippen LogP contribution in [-0.2, 0) is 20.3 Å². The number of nitrogens with zero attached hydrogens (tertiary/aromatic N) is 1. The van der Waals surface area contributed by atoms with Crippen LogP contribution in [-0.4, -0.2) is 45.7 Å². The molecule has 2 N–H and O–H groups in total. The second-order valence-electron chi connectivity index (χ2n) is 8.76. The van der Waals surface area contributed by atoms with E-state index in [4.69, 9.17) is 31.0 Å². The Labute approximate surface area is 212 Å². The highest BCUT2D eigenvalue weighted by atomic mass is 35.5. The summed E-state index contributed by atoms with van der Waals surface area (Å²) in [7, 11) is -2.71. The molecule has 0 bridgehead atoms. The zero-order chi connectivity index (χ0) is 28.1. The second kappa shape index (κ2) is 12.5. The van der Waals surface area contributed by atoms with E-state index in [9.17, 15) is 26.7 Å². The molecule has 0 atom stereocenters. The quantitative estimate of drug-likeness (QED) is 0.354. The number of carbonyl (C=O) groups is 1. The van der Waals surface area contributed by atoms with Gasteiger partial charge in [0, 0.05) is 23.6 Å². The minimum absolute atomic E-state index is 0.273. The topological polar surface area (TPSA) is 88.9 Å². The maximum atomic E-state index is 12.8. The number of halogens is 6. The molecule has 36 heavy (non-hydrogen) atoms. The number of hydrogen-bond acceptors (Lipinski definition) is 6. The van der Waals surface area contributed by atoms with Gasteiger partial charge in [0.05, 0.1) is 11.2 Å². The van der Waals surface area contributed by atoms with Crippen molar-refractivity contribution in [1.29, 1.82) is 0 Å². The van der Waals surface area contributed by atoms with Gasteiger partial charge < -0.3 is 19.4 Å². The first kappa shape index (κ1) is 32.0. The Hall–Kier alpha value is -2.05. The molecule has 2 heterocycles. The van der Waals surface area contributed by atoms with Gasteiger partial charge in [-0.2, -0.15) is 13.2 Å². The summed E-state index contributed by atoms with van der Waals surface area (Å²) in [6.45, 7) is 10.6. The van der Waals surface area contributed by atoms with Crippen molar-refractivity contribution in [2.75, 3.05) is 0 Å². The molecule has 0 unspecified atom stereocenters. The standard InChI is InChI=1S/C13H17BF3NO2.C6H5BF2O2.C3H5ClO/c1-8-6-9(7-10(18-8)13(15,16)17)14-19-11(2,3)12(4,5)20-14;8-4-1-2-5(7(10)11)6(9)3-4;1-2-3(4)5/h6-7H,1-5H3;1-3,10-11H;2H2,1H3. The Bertz CT molecular complexity index is 1040. The lowest BCUT2D eigenvalue weighted by Gasteiger charge is -2.32. The number of pyridine rings is 1. The van der Waals surface area contributed by atoms with Gasteiger partial charge in [-0.3, -0.25) is 4.79 Å². The molecule has 2 aromatic rings. The van der Waals surface area contributed by atoms with Gasteiger partial charge in [-0.05, 0) is 69.9 Å². The fraction of sp³-hybridized carbons (Fsp3) is 0.455. The number of benzene rings is 1. The van der Waals surface area contributed by atoms with Crippen LogP contribution in [0.25, 0.3) is 0 Å². The minimum Gasteiger partial charge on any atom is -0.423 e. The highest BCUT2D eigenvalue weighted by Gasteiger charge is 2.52. The van der Waals surface area contributed by atoms with Crippen LogP contribution in [0.5, 0.6) is 0 Å². The average molecular weight is 538 g/mol. The Balaban J connectivity index is 0.000000339. The molecular weight excluding hydrogens is 510 g/mol. The zero-order valence-electron chi connectivity index (χ0n) is 20.6. The molecule has 0 radical (unpaired) electrons. The summed E-state index contributed by atoms with van der Waals surface area (Å²) < 4.78 is 74.6. The first-order chi connectivity index (χ1) is 16.3. The minimum atomic E-state index is -4.48. The van der Waals surface area contributed by atoms with Crippen molar-refractivity contribution in [2.24, 2.45) is 0 Å². The molecule has 6 nitrogen and oxygen atoms in total.